The van der Waals surface area contributed by atoms with E-state index in [1.54, 1.807) is 30.0 Å². The maximum atomic E-state index is 12.4. The number of carboxylic acids is 1. The summed E-state index contributed by atoms with van der Waals surface area (Å²) in [6.45, 7) is 2.04. The molecule has 3 N–H and O–H groups in total. The fourth-order valence-corrected chi connectivity index (χ4v) is 3.64. The van der Waals surface area contributed by atoms with Crippen molar-refractivity contribution in [3.05, 3.63) is 54.1 Å². The summed E-state index contributed by atoms with van der Waals surface area (Å²) in [5.74, 6) is 0.845. The standard InChI is InChI=1S/C20H22N2O5S/c1-13(11-28-15-5-3-2-4-6-15)21-20(25)22-16(10-19(23)24)14-7-8-17-18(9-14)27-12-26-17/h2-9,13,16H,10-12H2,1H3,(H,23,24)(H2,21,22,25)/t13-,16-/m0/s1. The van der Waals surface area contributed by atoms with Gasteiger partial charge in [-0.1, -0.05) is 24.3 Å². The van der Waals surface area contributed by atoms with Crippen LogP contribution in [0.4, 0.5) is 4.79 Å². The lowest BCUT2D eigenvalue weighted by Gasteiger charge is -2.20. The molecule has 0 radical (unpaired) electrons. The highest BCUT2D eigenvalue weighted by atomic mass is 32.2. The van der Waals surface area contributed by atoms with Crippen LogP contribution >= 0.6 is 11.8 Å². The third-order valence-electron chi connectivity index (χ3n) is 4.10. The van der Waals surface area contributed by atoms with Gasteiger partial charge in [-0.25, -0.2) is 4.79 Å². The number of carboxylic acid groups (broad SMARTS) is 1. The molecule has 2 amide bonds. The number of urea groups is 1. The average Bonchev–Trinajstić information content (AvgIpc) is 3.14. The van der Waals surface area contributed by atoms with E-state index in [1.165, 1.54) is 0 Å². The molecule has 0 aliphatic carbocycles. The number of hydrogen-bond acceptors (Lipinski definition) is 5. The van der Waals surface area contributed by atoms with E-state index < -0.39 is 18.0 Å². The van der Waals surface area contributed by atoms with Gasteiger partial charge in [-0.05, 0) is 36.8 Å². The number of thioether (sulfide) groups is 1. The molecule has 2 atom stereocenters. The summed E-state index contributed by atoms with van der Waals surface area (Å²) < 4.78 is 10.6. The van der Waals surface area contributed by atoms with Crippen LogP contribution in [-0.4, -0.2) is 35.7 Å². The molecule has 7 nitrogen and oxygen atoms in total. The lowest BCUT2D eigenvalue weighted by atomic mass is 10.0. The van der Waals surface area contributed by atoms with Gasteiger partial charge >= 0.3 is 12.0 Å². The number of ether oxygens (including phenoxy) is 2. The molecule has 3 rings (SSSR count). The number of hydrogen-bond donors (Lipinski definition) is 3. The van der Waals surface area contributed by atoms with Gasteiger partial charge in [-0.3, -0.25) is 4.79 Å². The molecule has 1 aliphatic rings. The number of nitrogens with one attached hydrogen (secondary N) is 2. The summed E-state index contributed by atoms with van der Waals surface area (Å²) in [6, 6.07) is 13.9. The van der Waals surface area contributed by atoms with Crippen molar-refractivity contribution < 1.29 is 24.2 Å². The minimum Gasteiger partial charge on any atom is -0.481 e. The van der Waals surface area contributed by atoms with Gasteiger partial charge in [0.25, 0.3) is 0 Å². The van der Waals surface area contributed by atoms with Crippen LogP contribution in [0.1, 0.15) is 24.9 Å². The zero-order chi connectivity index (χ0) is 19.9. The minimum absolute atomic E-state index is 0.0903. The Labute approximate surface area is 167 Å². The van der Waals surface area contributed by atoms with Crippen molar-refractivity contribution in [1.82, 2.24) is 10.6 Å². The second-order valence-electron chi connectivity index (χ2n) is 6.41. The van der Waals surface area contributed by atoms with Gasteiger partial charge in [0.1, 0.15) is 0 Å². The Morgan fingerprint density at radius 1 is 1.11 bits per heavy atom. The molecule has 0 unspecified atom stereocenters. The Hall–Kier alpha value is -2.87. The molecular formula is C20H22N2O5S. The number of fused-ring (bicyclic) bond motifs is 1. The molecule has 1 heterocycles. The van der Waals surface area contributed by atoms with Crippen LogP contribution < -0.4 is 20.1 Å². The summed E-state index contributed by atoms with van der Waals surface area (Å²) in [5.41, 5.74) is 0.646. The molecule has 0 spiro atoms. The molecule has 0 saturated carbocycles. The highest BCUT2D eigenvalue weighted by Crippen LogP contribution is 2.34. The molecular weight excluding hydrogens is 380 g/mol. The first-order valence-corrected chi connectivity index (χ1v) is 9.86. The predicted molar refractivity (Wildman–Crippen MR) is 106 cm³/mol. The van der Waals surface area contributed by atoms with Gasteiger partial charge in [0, 0.05) is 16.7 Å². The van der Waals surface area contributed by atoms with Crippen molar-refractivity contribution >= 4 is 23.8 Å². The van der Waals surface area contributed by atoms with E-state index in [4.69, 9.17) is 9.47 Å². The molecule has 1 aliphatic heterocycles. The van der Waals surface area contributed by atoms with Gasteiger partial charge in [-0.2, -0.15) is 0 Å². The van der Waals surface area contributed by atoms with Crippen molar-refractivity contribution in [1.29, 1.82) is 0 Å². The normalized spacial score (nSPS) is 14.2. The van der Waals surface area contributed by atoms with Crippen LogP contribution in [0.25, 0.3) is 0 Å². The smallest absolute Gasteiger partial charge is 0.315 e. The van der Waals surface area contributed by atoms with Crippen LogP contribution in [0.2, 0.25) is 0 Å². The topological polar surface area (TPSA) is 96.9 Å². The molecule has 0 saturated heterocycles. The van der Waals surface area contributed by atoms with E-state index in [9.17, 15) is 14.7 Å². The maximum absolute atomic E-state index is 12.4. The summed E-state index contributed by atoms with van der Waals surface area (Å²) in [5, 5.41) is 14.8. The summed E-state index contributed by atoms with van der Waals surface area (Å²) in [7, 11) is 0. The fraction of sp³-hybridized carbons (Fsp3) is 0.300. The number of benzene rings is 2. The van der Waals surface area contributed by atoms with Gasteiger partial charge < -0.3 is 25.2 Å². The molecule has 0 bridgehead atoms. The Kier molecular flexibility index (Phi) is 6.65. The maximum Gasteiger partial charge on any atom is 0.315 e. The fourth-order valence-electron chi connectivity index (χ4n) is 2.76. The van der Waals surface area contributed by atoms with E-state index in [0.717, 1.165) is 4.90 Å². The van der Waals surface area contributed by atoms with Crippen LogP contribution in [0, 0.1) is 0 Å². The number of rotatable bonds is 8. The molecule has 2 aromatic carbocycles. The van der Waals surface area contributed by atoms with E-state index in [0.29, 0.717) is 22.8 Å². The number of carbonyl (C=O) groups excluding carboxylic acids is 1. The molecule has 2 aromatic rings. The van der Waals surface area contributed by atoms with Gasteiger partial charge in [0.2, 0.25) is 6.79 Å². The number of amides is 2. The minimum atomic E-state index is -1.00. The number of aliphatic carboxylic acids is 1. The van der Waals surface area contributed by atoms with E-state index in [2.05, 4.69) is 10.6 Å². The van der Waals surface area contributed by atoms with Gasteiger partial charge in [0.15, 0.2) is 11.5 Å². The lowest BCUT2D eigenvalue weighted by Crippen LogP contribution is -2.43. The van der Waals surface area contributed by atoms with Crippen molar-refractivity contribution in [3.63, 3.8) is 0 Å². The number of carbonyl (C=O) groups is 2. The summed E-state index contributed by atoms with van der Waals surface area (Å²) in [6.07, 6.45) is -0.236. The van der Waals surface area contributed by atoms with E-state index in [1.807, 2.05) is 37.3 Å². The first-order chi connectivity index (χ1) is 13.5. The van der Waals surface area contributed by atoms with Gasteiger partial charge in [0.05, 0.1) is 12.5 Å². The Balaban J connectivity index is 1.57. The lowest BCUT2D eigenvalue weighted by molar-refractivity contribution is -0.137. The predicted octanol–water partition coefficient (Wildman–Crippen LogP) is 3.41. The summed E-state index contributed by atoms with van der Waals surface area (Å²) >= 11 is 1.64. The SMILES string of the molecule is C[C@@H](CSc1ccccc1)NC(=O)N[C@@H](CC(=O)O)c1ccc2c(c1)OCO2. The van der Waals surface area contributed by atoms with Crippen molar-refractivity contribution in [2.75, 3.05) is 12.5 Å². The Bertz CT molecular complexity index is 831. The van der Waals surface area contributed by atoms with Crippen LogP contribution in [0.3, 0.4) is 0 Å². The Morgan fingerprint density at radius 3 is 2.61 bits per heavy atom. The first-order valence-electron chi connectivity index (χ1n) is 8.87. The molecule has 0 fully saturated rings. The molecule has 0 aromatic heterocycles. The zero-order valence-electron chi connectivity index (χ0n) is 15.4. The highest BCUT2D eigenvalue weighted by molar-refractivity contribution is 7.99. The third kappa shape index (κ3) is 5.56. The highest BCUT2D eigenvalue weighted by Gasteiger charge is 2.22. The molecule has 148 valence electrons. The van der Waals surface area contributed by atoms with Crippen LogP contribution in [0.15, 0.2) is 53.4 Å². The zero-order valence-corrected chi connectivity index (χ0v) is 16.2. The van der Waals surface area contributed by atoms with E-state index >= 15 is 0 Å². The first kappa shape index (κ1) is 19.9. The van der Waals surface area contributed by atoms with Gasteiger partial charge in [-0.15, -0.1) is 11.8 Å². The molecule has 28 heavy (non-hydrogen) atoms. The second kappa shape index (κ2) is 9.36. The summed E-state index contributed by atoms with van der Waals surface area (Å²) in [4.78, 5) is 24.8. The second-order valence-corrected chi connectivity index (χ2v) is 7.50. The van der Waals surface area contributed by atoms with Crippen molar-refractivity contribution in [3.8, 4) is 11.5 Å². The van der Waals surface area contributed by atoms with Crippen molar-refractivity contribution in [2.45, 2.75) is 30.3 Å². The third-order valence-corrected chi connectivity index (χ3v) is 5.38. The van der Waals surface area contributed by atoms with Crippen LogP contribution in [-0.2, 0) is 4.79 Å². The van der Waals surface area contributed by atoms with Crippen molar-refractivity contribution in [2.24, 2.45) is 0 Å². The van der Waals surface area contributed by atoms with E-state index in [-0.39, 0.29) is 19.3 Å². The monoisotopic (exact) mass is 402 g/mol. The van der Waals surface area contributed by atoms with Crippen LogP contribution in [0.5, 0.6) is 11.5 Å². The largest absolute Gasteiger partial charge is 0.481 e. The quantitative estimate of drug-likeness (QED) is 0.586. The molecule has 8 heteroatoms. The Morgan fingerprint density at radius 2 is 1.86 bits per heavy atom. The average molecular weight is 402 g/mol.